The van der Waals surface area contributed by atoms with Crippen LogP contribution in [0.25, 0.3) is 17.4 Å². The first-order valence-electron chi connectivity index (χ1n) is 9.17. The van der Waals surface area contributed by atoms with Crippen LogP contribution < -0.4 is 4.90 Å². The number of halogens is 6. The minimum Gasteiger partial charge on any atom is -0.457 e. The molecule has 1 amide bonds. The van der Waals surface area contributed by atoms with Crippen LogP contribution in [-0.2, 0) is 17.1 Å². The minimum absolute atomic E-state index is 0.0157. The predicted octanol–water partition coefficient (Wildman–Crippen LogP) is 7.39. The molecule has 1 saturated heterocycles. The molecule has 0 atom stereocenters. The van der Waals surface area contributed by atoms with E-state index in [1.165, 1.54) is 42.5 Å². The Morgan fingerprint density at radius 2 is 1.64 bits per heavy atom. The van der Waals surface area contributed by atoms with E-state index in [-0.39, 0.29) is 32.0 Å². The number of furan rings is 1. The Morgan fingerprint density at radius 1 is 0.909 bits per heavy atom. The first-order valence-corrected chi connectivity index (χ1v) is 10.4. The lowest BCUT2D eigenvalue weighted by Crippen LogP contribution is -2.29. The van der Waals surface area contributed by atoms with E-state index in [1.807, 2.05) is 0 Å². The standard InChI is InChI=1S/C22H11F6NO2S2/c23-21(24,25)13-5-3-4-12(10-13)17-9-8-14(31-17)11-18-19(30)29(20(32)33-18)16-7-2-1-6-15(16)22(26,27)28/h1-11H/b18-11+. The molecule has 1 fully saturated rings. The van der Waals surface area contributed by atoms with Crippen LogP contribution in [0, 0.1) is 0 Å². The molecule has 0 N–H and O–H groups in total. The van der Waals surface area contributed by atoms with Crippen molar-refractivity contribution in [3.63, 3.8) is 0 Å². The van der Waals surface area contributed by atoms with Gasteiger partial charge in [-0.1, -0.05) is 48.2 Å². The molecule has 3 nitrogen and oxygen atoms in total. The van der Waals surface area contributed by atoms with Crippen LogP contribution in [0.4, 0.5) is 32.0 Å². The van der Waals surface area contributed by atoms with Gasteiger partial charge in [-0.2, -0.15) is 26.3 Å². The van der Waals surface area contributed by atoms with Crippen molar-refractivity contribution in [1.82, 2.24) is 0 Å². The van der Waals surface area contributed by atoms with Crippen molar-refractivity contribution in [2.24, 2.45) is 0 Å². The number of para-hydroxylation sites is 1. The van der Waals surface area contributed by atoms with Gasteiger partial charge in [0.1, 0.15) is 11.5 Å². The van der Waals surface area contributed by atoms with Crippen molar-refractivity contribution in [3.05, 3.63) is 82.5 Å². The van der Waals surface area contributed by atoms with Crippen LogP contribution in [-0.4, -0.2) is 10.2 Å². The highest BCUT2D eigenvalue weighted by Crippen LogP contribution is 2.42. The van der Waals surface area contributed by atoms with E-state index in [9.17, 15) is 31.1 Å². The van der Waals surface area contributed by atoms with Crippen molar-refractivity contribution >= 4 is 46.0 Å². The molecule has 2 aromatic carbocycles. The van der Waals surface area contributed by atoms with E-state index < -0.39 is 29.4 Å². The molecule has 0 saturated carbocycles. The van der Waals surface area contributed by atoms with Gasteiger partial charge in [-0.05, 0) is 36.4 Å². The number of carbonyl (C=O) groups excluding carboxylic acids is 1. The van der Waals surface area contributed by atoms with Crippen molar-refractivity contribution < 1.29 is 35.6 Å². The zero-order valence-electron chi connectivity index (χ0n) is 16.2. The summed E-state index contributed by atoms with van der Waals surface area (Å²) in [5, 5.41) is 0. The normalized spacial score (nSPS) is 16.2. The van der Waals surface area contributed by atoms with E-state index >= 15 is 0 Å². The molecule has 0 unspecified atom stereocenters. The molecule has 1 aliphatic rings. The van der Waals surface area contributed by atoms with Crippen molar-refractivity contribution in [2.45, 2.75) is 12.4 Å². The summed E-state index contributed by atoms with van der Waals surface area (Å²) in [6, 6.07) is 12.0. The summed E-state index contributed by atoms with van der Waals surface area (Å²) in [4.78, 5) is 13.7. The molecule has 170 valence electrons. The first kappa shape index (κ1) is 23.1. The number of benzene rings is 2. The molecule has 1 aliphatic heterocycles. The van der Waals surface area contributed by atoms with Gasteiger partial charge in [0, 0.05) is 11.6 Å². The fourth-order valence-corrected chi connectivity index (χ4v) is 4.41. The highest BCUT2D eigenvalue weighted by atomic mass is 32.2. The second kappa shape index (κ2) is 8.38. The highest BCUT2D eigenvalue weighted by molar-refractivity contribution is 8.27. The van der Waals surface area contributed by atoms with Crippen LogP contribution in [0.1, 0.15) is 16.9 Å². The van der Waals surface area contributed by atoms with Crippen molar-refractivity contribution in [3.8, 4) is 11.3 Å². The highest BCUT2D eigenvalue weighted by Gasteiger charge is 2.40. The molecule has 33 heavy (non-hydrogen) atoms. The zero-order valence-corrected chi connectivity index (χ0v) is 17.8. The summed E-state index contributed by atoms with van der Waals surface area (Å²) in [5.74, 6) is -0.504. The topological polar surface area (TPSA) is 33.5 Å². The summed E-state index contributed by atoms with van der Waals surface area (Å²) in [6.07, 6.45) is -7.93. The fourth-order valence-electron chi connectivity index (χ4n) is 3.15. The Balaban J connectivity index is 1.64. The van der Waals surface area contributed by atoms with Gasteiger partial charge < -0.3 is 4.42 Å². The van der Waals surface area contributed by atoms with E-state index in [4.69, 9.17) is 16.6 Å². The molecular formula is C22H11F6NO2S2. The molecular weight excluding hydrogens is 488 g/mol. The quantitative estimate of drug-likeness (QED) is 0.214. The third kappa shape index (κ3) is 4.69. The van der Waals surface area contributed by atoms with Gasteiger partial charge in [0.25, 0.3) is 5.91 Å². The first-order chi connectivity index (χ1) is 15.4. The van der Waals surface area contributed by atoms with E-state index in [0.29, 0.717) is 0 Å². The van der Waals surface area contributed by atoms with Gasteiger partial charge in [0.15, 0.2) is 4.32 Å². The lowest BCUT2D eigenvalue weighted by Gasteiger charge is -2.19. The van der Waals surface area contributed by atoms with Crippen LogP contribution in [0.2, 0.25) is 0 Å². The Morgan fingerprint density at radius 3 is 2.33 bits per heavy atom. The van der Waals surface area contributed by atoms with Crippen LogP contribution in [0.15, 0.2) is 70.0 Å². The van der Waals surface area contributed by atoms with E-state index in [2.05, 4.69) is 0 Å². The smallest absolute Gasteiger partial charge is 0.418 e. The fraction of sp³-hybridized carbons (Fsp3) is 0.0909. The number of alkyl halides is 6. The third-order valence-electron chi connectivity index (χ3n) is 4.62. The molecule has 2 heterocycles. The Labute approximate surface area is 192 Å². The van der Waals surface area contributed by atoms with Gasteiger partial charge >= 0.3 is 12.4 Å². The lowest BCUT2D eigenvalue weighted by atomic mass is 10.1. The summed E-state index contributed by atoms with van der Waals surface area (Å²) >= 11 is 5.92. The zero-order chi connectivity index (χ0) is 24.0. The largest absolute Gasteiger partial charge is 0.457 e. The van der Waals surface area contributed by atoms with Crippen molar-refractivity contribution in [1.29, 1.82) is 0 Å². The summed E-state index contributed by atoms with van der Waals surface area (Å²) in [5.41, 5.74) is -2.06. The molecule has 0 radical (unpaired) electrons. The van der Waals surface area contributed by atoms with Crippen LogP contribution in [0.5, 0.6) is 0 Å². The molecule has 1 aromatic heterocycles. The number of amides is 1. The predicted molar refractivity (Wildman–Crippen MR) is 116 cm³/mol. The van der Waals surface area contributed by atoms with Crippen molar-refractivity contribution in [2.75, 3.05) is 4.90 Å². The number of carbonyl (C=O) groups is 1. The minimum atomic E-state index is -4.69. The average molecular weight is 499 g/mol. The summed E-state index contributed by atoms with van der Waals surface area (Å²) in [7, 11) is 0. The maximum Gasteiger partial charge on any atom is 0.418 e. The van der Waals surface area contributed by atoms with Crippen LogP contribution in [0.3, 0.4) is 0 Å². The van der Waals surface area contributed by atoms with Crippen LogP contribution >= 0.6 is 24.0 Å². The Bertz CT molecular complexity index is 1280. The summed E-state index contributed by atoms with van der Waals surface area (Å²) < 4.78 is 84.4. The number of nitrogens with zero attached hydrogens (tertiary/aromatic N) is 1. The number of thiocarbonyl (C=S) groups is 1. The number of hydrogen-bond donors (Lipinski definition) is 0. The van der Waals surface area contributed by atoms with Gasteiger partial charge in [-0.3, -0.25) is 9.69 Å². The monoisotopic (exact) mass is 499 g/mol. The molecule has 4 rings (SSSR count). The molecule has 0 bridgehead atoms. The maximum absolute atomic E-state index is 13.4. The SMILES string of the molecule is O=C1/C(=C\c2ccc(-c3cccc(C(F)(F)F)c3)o2)SC(=S)N1c1ccccc1C(F)(F)F. The van der Waals surface area contributed by atoms with Gasteiger partial charge in [0.05, 0.1) is 21.7 Å². The maximum atomic E-state index is 13.4. The van der Waals surface area contributed by atoms with Gasteiger partial charge in [-0.25, -0.2) is 0 Å². The van der Waals surface area contributed by atoms with E-state index in [0.717, 1.165) is 40.9 Å². The number of hydrogen-bond acceptors (Lipinski definition) is 4. The Hall–Kier alpha value is -3.05. The second-order valence-electron chi connectivity index (χ2n) is 6.81. The molecule has 11 heteroatoms. The number of thioether (sulfide) groups is 1. The molecule has 3 aromatic rings. The number of anilines is 1. The number of rotatable bonds is 3. The van der Waals surface area contributed by atoms with Gasteiger partial charge in [-0.15, -0.1) is 0 Å². The van der Waals surface area contributed by atoms with Gasteiger partial charge in [0.2, 0.25) is 0 Å². The lowest BCUT2D eigenvalue weighted by molar-refractivity contribution is -0.138. The second-order valence-corrected chi connectivity index (χ2v) is 8.49. The third-order valence-corrected chi connectivity index (χ3v) is 5.92. The summed E-state index contributed by atoms with van der Waals surface area (Å²) in [6.45, 7) is 0. The molecule has 0 aliphatic carbocycles. The Kier molecular flexibility index (Phi) is 5.87. The average Bonchev–Trinajstić information content (AvgIpc) is 3.31. The van der Waals surface area contributed by atoms with E-state index in [1.54, 1.807) is 0 Å². The molecule has 0 spiro atoms.